The van der Waals surface area contributed by atoms with Gasteiger partial charge in [-0.05, 0) is 34.6 Å². The van der Waals surface area contributed by atoms with E-state index >= 15 is 0 Å². The van der Waals surface area contributed by atoms with Gasteiger partial charge in [-0.25, -0.2) is 4.99 Å². The summed E-state index contributed by atoms with van der Waals surface area (Å²) in [6, 6.07) is 1.30. The molecule has 0 unspecified atom stereocenters. The van der Waals surface area contributed by atoms with Crippen LogP contribution in [0.5, 0.6) is 0 Å². The minimum Gasteiger partial charge on any atom is -0.466 e. The standard InChI is InChI=1S/C9H20N2O/c1-6-12-9(10-7(2)3)11-8(4)5/h7-8H,6H2,1-5H3,(H,10,11). The number of nitrogens with zero attached hydrogens (tertiary/aromatic N) is 1. The van der Waals surface area contributed by atoms with Gasteiger partial charge in [0.15, 0.2) is 0 Å². The zero-order chi connectivity index (χ0) is 9.56. The molecule has 0 atom stereocenters. The lowest BCUT2D eigenvalue weighted by molar-refractivity contribution is 0.303. The Balaban J connectivity index is 4.03. The Labute approximate surface area is 75.2 Å². The van der Waals surface area contributed by atoms with Gasteiger partial charge < -0.3 is 10.1 Å². The minimum absolute atomic E-state index is 0.276. The fourth-order valence-electron chi connectivity index (χ4n) is 0.734. The molecule has 72 valence electrons. The second-order valence-corrected chi connectivity index (χ2v) is 3.26. The Bertz CT molecular complexity index is 141. The maximum Gasteiger partial charge on any atom is 0.285 e. The van der Waals surface area contributed by atoms with Crippen LogP contribution in [0.25, 0.3) is 0 Å². The van der Waals surface area contributed by atoms with Crippen LogP contribution in [-0.2, 0) is 4.74 Å². The number of nitrogens with one attached hydrogen (secondary N) is 1. The number of rotatable bonds is 3. The van der Waals surface area contributed by atoms with Gasteiger partial charge >= 0.3 is 0 Å². The second-order valence-electron chi connectivity index (χ2n) is 3.26. The van der Waals surface area contributed by atoms with Gasteiger partial charge in [-0.2, -0.15) is 0 Å². The minimum atomic E-state index is 0.276. The molecule has 0 saturated heterocycles. The SMILES string of the molecule is CCO/C(=N\C(C)C)NC(C)C. The van der Waals surface area contributed by atoms with Gasteiger partial charge in [0.25, 0.3) is 6.02 Å². The van der Waals surface area contributed by atoms with Crippen molar-refractivity contribution >= 4 is 6.02 Å². The topological polar surface area (TPSA) is 33.6 Å². The van der Waals surface area contributed by atoms with Gasteiger partial charge in [-0.3, -0.25) is 0 Å². The molecule has 1 N–H and O–H groups in total. The largest absolute Gasteiger partial charge is 0.466 e. The monoisotopic (exact) mass is 172 g/mol. The Morgan fingerprint density at radius 1 is 1.33 bits per heavy atom. The van der Waals surface area contributed by atoms with Crippen molar-refractivity contribution in [1.82, 2.24) is 5.32 Å². The molecular weight excluding hydrogens is 152 g/mol. The van der Waals surface area contributed by atoms with Crippen LogP contribution in [0.4, 0.5) is 0 Å². The van der Waals surface area contributed by atoms with Crippen LogP contribution in [0.1, 0.15) is 34.6 Å². The molecule has 3 nitrogen and oxygen atoms in total. The predicted molar refractivity (Wildman–Crippen MR) is 52.5 cm³/mol. The molecule has 0 fully saturated rings. The molecular formula is C9H20N2O. The Morgan fingerprint density at radius 3 is 2.25 bits per heavy atom. The summed E-state index contributed by atoms with van der Waals surface area (Å²) < 4.78 is 5.30. The first-order chi connectivity index (χ1) is 5.56. The van der Waals surface area contributed by atoms with Crippen molar-refractivity contribution < 1.29 is 4.74 Å². The molecule has 0 spiro atoms. The molecule has 0 rings (SSSR count). The average molecular weight is 172 g/mol. The fourth-order valence-corrected chi connectivity index (χ4v) is 0.734. The lowest BCUT2D eigenvalue weighted by Gasteiger charge is -2.13. The van der Waals surface area contributed by atoms with E-state index in [0.717, 1.165) is 0 Å². The summed E-state index contributed by atoms with van der Waals surface area (Å²) in [7, 11) is 0. The Hall–Kier alpha value is -0.730. The number of aliphatic imine (C=N–C) groups is 1. The zero-order valence-electron chi connectivity index (χ0n) is 8.72. The molecule has 0 aliphatic rings. The van der Waals surface area contributed by atoms with Crippen LogP contribution < -0.4 is 5.32 Å². The van der Waals surface area contributed by atoms with Crippen molar-refractivity contribution in [3.05, 3.63) is 0 Å². The van der Waals surface area contributed by atoms with Crippen molar-refractivity contribution in [2.45, 2.75) is 46.7 Å². The third-order valence-electron chi connectivity index (χ3n) is 1.07. The highest BCUT2D eigenvalue weighted by atomic mass is 16.5. The number of ether oxygens (including phenoxy) is 1. The van der Waals surface area contributed by atoms with Crippen LogP contribution >= 0.6 is 0 Å². The van der Waals surface area contributed by atoms with Gasteiger partial charge in [-0.15, -0.1) is 0 Å². The van der Waals surface area contributed by atoms with E-state index in [1.54, 1.807) is 0 Å². The van der Waals surface area contributed by atoms with Crippen molar-refractivity contribution in [3.8, 4) is 0 Å². The van der Waals surface area contributed by atoms with E-state index in [1.165, 1.54) is 0 Å². The Kier molecular flexibility index (Phi) is 5.51. The van der Waals surface area contributed by atoms with E-state index in [0.29, 0.717) is 18.7 Å². The van der Waals surface area contributed by atoms with Gasteiger partial charge in [0, 0.05) is 12.1 Å². The van der Waals surface area contributed by atoms with Crippen LogP contribution in [0.2, 0.25) is 0 Å². The van der Waals surface area contributed by atoms with E-state index in [9.17, 15) is 0 Å². The van der Waals surface area contributed by atoms with Gasteiger partial charge in [0.2, 0.25) is 0 Å². The summed E-state index contributed by atoms with van der Waals surface area (Å²) in [6.45, 7) is 10.8. The second kappa shape index (κ2) is 5.86. The maximum absolute atomic E-state index is 5.30. The lowest BCUT2D eigenvalue weighted by atomic mass is 10.4. The van der Waals surface area contributed by atoms with Crippen molar-refractivity contribution in [2.75, 3.05) is 6.61 Å². The van der Waals surface area contributed by atoms with Gasteiger partial charge in [0.05, 0.1) is 6.61 Å². The average Bonchev–Trinajstić information content (AvgIpc) is 1.84. The van der Waals surface area contributed by atoms with Crippen LogP contribution in [0.15, 0.2) is 4.99 Å². The van der Waals surface area contributed by atoms with Crippen LogP contribution in [-0.4, -0.2) is 24.7 Å². The smallest absolute Gasteiger partial charge is 0.285 e. The van der Waals surface area contributed by atoms with Crippen molar-refractivity contribution in [3.63, 3.8) is 0 Å². The quantitative estimate of drug-likeness (QED) is 0.520. The van der Waals surface area contributed by atoms with Crippen molar-refractivity contribution in [1.29, 1.82) is 0 Å². The molecule has 0 aromatic carbocycles. The zero-order valence-corrected chi connectivity index (χ0v) is 8.72. The maximum atomic E-state index is 5.30. The van der Waals surface area contributed by atoms with E-state index in [4.69, 9.17) is 4.74 Å². The molecule has 12 heavy (non-hydrogen) atoms. The first-order valence-electron chi connectivity index (χ1n) is 4.53. The highest BCUT2D eigenvalue weighted by Gasteiger charge is 2.01. The van der Waals surface area contributed by atoms with Crippen molar-refractivity contribution in [2.24, 2.45) is 4.99 Å². The summed E-state index contributed by atoms with van der Waals surface area (Å²) in [5.41, 5.74) is 0. The highest BCUT2D eigenvalue weighted by molar-refractivity contribution is 5.73. The summed E-state index contributed by atoms with van der Waals surface area (Å²) in [4.78, 5) is 4.29. The number of hydrogen-bond donors (Lipinski definition) is 1. The van der Waals surface area contributed by atoms with E-state index in [2.05, 4.69) is 24.2 Å². The molecule has 0 heterocycles. The first-order valence-corrected chi connectivity index (χ1v) is 4.53. The van der Waals surface area contributed by atoms with E-state index in [-0.39, 0.29) is 6.04 Å². The molecule has 0 saturated carbocycles. The molecule has 0 aromatic rings. The lowest BCUT2D eigenvalue weighted by Crippen LogP contribution is -2.33. The summed E-state index contributed by atoms with van der Waals surface area (Å²) in [6.07, 6.45) is 0. The highest BCUT2D eigenvalue weighted by Crippen LogP contribution is 1.90. The van der Waals surface area contributed by atoms with Gasteiger partial charge in [-0.1, -0.05) is 0 Å². The summed E-state index contributed by atoms with van der Waals surface area (Å²) in [5.74, 6) is 0. The molecule has 0 aromatic heterocycles. The van der Waals surface area contributed by atoms with Gasteiger partial charge in [0.1, 0.15) is 0 Å². The summed E-state index contributed by atoms with van der Waals surface area (Å²) in [5, 5.41) is 3.14. The van der Waals surface area contributed by atoms with Crippen LogP contribution in [0.3, 0.4) is 0 Å². The molecule has 0 amide bonds. The van der Waals surface area contributed by atoms with E-state index < -0.39 is 0 Å². The number of hydrogen-bond acceptors (Lipinski definition) is 2. The molecule has 0 aliphatic carbocycles. The fraction of sp³-hybridized carbons (Fsp3) is 0.889. The molecule has 0 aliphatic heterocycles. The number of amidine groups is 1. The predicted octanol–water partition coefficient (Wildman–Crippen LogP) is 1.79. The summed E-state index contributed by atoms with van der Waals surface area (Å²) >= 11 is 0. The molecule has 0 bridgehead atoms. The first kappa shape index (κ1) is 11.3. The third-order valence-corrected chi connectivity index (χ3v) is 1.07. The van der Waals surface area contributed by atoms with E-state index in [1.807, 2.05) is 20.8 Å². The molecule has 3 heteroatoms. The normalized spacial score (nSPS) is 12.4. The molecule has 0 radical (unpaired) electrons. The third kappa shape index (κ3) is 6.01. The Morgan fingerprint density at radius 2 is 1.92 bits per heavy atom. The van der Waals surface area contributed by atoms with Crippen LogP contribution in [0, 0.1) is 0 Å².